The molecule has 0 atom stereocenters. The number of hydrogen-bond donors (Lipinski definition) is 1. The summed E-state index contributed by atoms with van der Waals surface area (Å²) in [6.07, 6.45) is -2.59. The van der Waals surface area contributed by atoms with Gasteiger partial charge in [-0.3, -0.25) is 0 Å². The highest BCUT2D eigenvalue weighted by Crippen LogP contribution is 2.30. The molecule has 0 amide bonds. The van der Waals surface area contributed by atoms with Crippen LogP contribution < -0.4 is 5.73 Å². The number of aryl methyl sites for hydroxylation is 1. The van der Waals surface area contributed by atoms with Crippen molar-refractivity contribution in [1.82, 2.24) is 9.97 Å². The molecule has 6 heteroatoms. The number of nitrogen functional groups attached to an aromatic ring is 1. The zero-order valence-electron chi connectivity index (χ0n) is 10.9. The van der Waals surface area contributed by atoms with Gasteiger partial charge in [-0.2, -0.15) is 13.2 Å². The summed E-state index contributed by atoms with van der Waals surface area (Å²) in [6.45, 7) is 2.06. The molecule has 2 aromatic rings. The normalized spacial score (nSPS) is 11.6. The minimum Gasteiger partial charge on any atom is -0.368 e. The molecule has 0 saturated heterocycles. The number of aromatic nitrogens is 2. The average molecular weight is 281 g/mol. The van der Waals surface area contributed by atoms with E-state index in [4.69, 9.17) is 5.73 Å². The molecule has 0 spiro atoms. The number of nitrogens with zero attached hydrogens (tertiary/aromatic N) is 2. The second-order valence-electron chi connectivity index (χ2n) is 4.44. The second-order valence-corrected chi connectivity index (χ2v) is 4.44. The first kappa shape index (κ1) is 14.3. The smallest absolute Gasteiger partial charge is 0.368 e. The molecule has 0 aliphatic heterocycles. The third-order valence-electron chi connectivity index (χ3n) is 2.82. The Labute approximate surface area is 114 Å². The van der Waals surface area contributed by atoms with E-state index in [2.05, 4.69) is 16.9 Å². The molecule has 3 nitrogen and oxygen atoms in total. The van der Waals surface area contributed by atoms with Crippen LogP contribution in [0.5, 0.6) is 0 Å². The van der Waals surface area contributed by atoms with Crippen LogP contribution >= 0.6 is 0 Å². The van der Waals surface area contributed by atoms with Crippen LogP contribution in [0.25, 0.3) is 11.3 Å². The third kappa shape index (κ3) is 3.26. The van der Waals surface area contributed by atoms with E-state index >= 15 is 0 Å². The predicted molar refractivity (Wildman–Crippen MR) is 70.9 cm³/mol. The maximum Gasteiger partial charge on any atom is 0.433 e. The summed E-state index contributed by atoms with van der Waals surface area (Å²) >= 11 is 0. The molecule has 0 unspecified atom stereocenters. The fourth-order valence-corrected chi connectivity index (χ4v) is 1.89. The topological polar surface area (TPSA) is 51.8 Å². The number of nitrogens with two attached hydrogens (primary N) is 1. The van der Waals surface area contributed by atoms with Gasteiger partial charge in [0, 0.05) is 5.56 Å². The van der Waals surface area contributed by atoms with Gasteiger partial charge in [0.1, 0.15) is 0 Å². The molecular weight excluding hydrogens is 267 g/mol. The summed E-state index contributed by atoms with van der Waals surface area (Å²) in [5, 5.41) is 0. The summed E-state index contributed by atoms with van der Waals surface area (Å²) in [4.78, 5) is 7.08. The number of hydrogen-bond acceptors (Lipinski definition) is 3. The summed E-state index contributed by atoms with van der Waals surface area (Å²) in [5.74, 6) is -0.382. The van der Waals surface area contributed by atoms with E-state index in [1.54, 1.807) is 12.1 Å². The number of alkyl halides is 3. The molecule has 106 valence electrons. The van der Waals surface area contributed by atoms with Crippen LogP contribution in [0.15, 0.2) is 30.3 Å². The molecule has 0 aliphatic rings. The van der Waals surface area contributed by atoms with E-state index < -0.39 is 11.9 Å². The monoisotopic (exact) mass is 281 g/mol. The maximum atomic E-state index is 12.7. The van der Waals surface area contributed by atoms with E-state index in [9.17, 15) is 13.2 Å². The first-order valence-electron chi connectivity index (χ1n) is 6.21. The summed E-state index contributed by atoms with van der Waals surface area (Å²) < 4.78 is 38.0. The zero-order chi connectivity index (χ0) is 14.8. The molecule has 2 rings (SSSR count). The van der Waals surface area contributed by atoms with Crippen molar-refractivity contribution in [3.05, 3.63) is 41.6 Å². The largest absolute Gasteiger partial charge is 0.433 e. The Hall–Kier alpha value is -2.11. The van der Waals surface area contributed by atoms with Crippen molar-refractivity contribution in [2.24, 2.45) is 0 Å². The second kappa shape index (κ2) is 5.48. The van der Waals surface area contributed by atoms with E-state index in [0.29, 0.717) is 5.56 Å². The van der Waals surface area contributed by atoms with Crippen molar-refractivity contribution >= 4 is 5.95 Å². The Morgan fingerprint density at radius 1 is 1.10 bits per heavy atom. The zero-order valence-corrected chi connectivity index (χ0v) is 10.9. The van der Waals surface area contributed by atoms with E-state index in [-0.39, 0.29) is 11.6 Å². The van der Waals surface area contributed by atoms with Gasteiger partial charge in [-0.1, -0.05) is 37.6 Å². The fourth-order valence-electron chi connectivity index (χ4n) is 1.89. The van der Waals surface area contributed by atoms with Gasteiger partial charge in [0.05, 0.1) is 5.69 Å². The Balaban J connectivity index is 2.39. The van der Waals surface area contributed by atoms with Crippen molar-refractivity contribution < 1.29 is 13.2 Å². The summed E-state index contributed by atoms with van der Waals surface area (Å²) in [7, 11) is 0. The van der Waals surface area contributed by atoms with Crippen LogP contribution in [-0.2, 0) is 12.6 Å². The van der Waals surface area contributed by atoms with Crippen molar-refractivity contribution in [2.45, 2.75) is 25.9 Å². The van der Waals surface area contributed by atoms with E-state index in [1.165, 1.54) is 0 Å². The molecule has 20 heavy (non-hydrogen) atoms. The molecule has 0 aliphatic carbocycles. The first-order chi connectivity index (χ1) is 9.40. The van der Waals surface area contributed by atoms with Crippen molar-refractivity contribution in [2.75, 3.05) is 5.73 Å². The number of halogens is 3. The Morgan fingerprint density at radius 3 is 2.30 bits per heavy atom. The van der Waals surface area contributed by atoms with Gasteiger partial charge in [0.25, 0.3) is 0 Å². The van der Waals surface area contributed by atoms with Crippen LogP contribution in [0.4, 0.5) is 19.1 Å². The van der Waals surface area contributed by atoms with Crippen LogP contribution in [0.1, 0.15) is 24.6 Å². The highest BCUT2D eigenvalue weighted by Gasteiger charge is 2.33. The molecule has 0 bridgehead atoms. The quantitative estimate of drug-likeness (QED) is 0.933. The highest BCUT2D eigenvalue weighted by molar-refractivity contribution is 5.61. The maximum absolute atomic E-state index is 12.7. The Kier molecular flexibility index (Phi) is 3.92. The molecule has 1 heterocycles. The third-order valence-corrected chi connectivity index (χ3v) is 2.82. The summed E-state index contributed by atoms with van der Waals surface area (Å²) in [6, 6.07) is 8.15. The lowest BCUT2D eigenvalue weighted by Gasteiger charge is -2.09. The molecular formula is C14H14F3N3. The predicted octanol–water partition coefficient (Wildman–Crippen LogP) is 3.70. The molecule has 1 aromatic heterocycles. The Morgan fingerprint density at radius 2 is 1.75 bits per heavy atom. The lowest BCUT2D eigenvalue weighted by molar-refractivity contribution is -0.141. The van der Waals surface area contributed by atoms with Gasteiger partial charge in [-0.25, -0.2) is 9.97 Å². The van der Waals surface area contributed by atoms with E-state index in [0.717, 1.165) is 24.5 Å². The van der Waals surface area contributed by atoms with Crippen molar-refractivity contribution in [1.29, 1.82) is 0 Å². The number of anilines is 1. The molecule has 0 radical (unpaired) electrons. The van der Waals surface area contributed by atoms with Gasteiger partial charge in [0.15, 0.2) is 5.69 Å². The SMILES string of the molecule is CCCc1ccc(-c2cc(C(F)(F)F)nc(N)n2)cc1. The fraction of sp³-hybridized carbons (Fsp3) is 0.286. The molecule has 1 aromatic carbocycles. The first-order valence-corrected chi connectivity index (χ1v) is 6.21. The lowest BCUT2D eigenvalue weighted by atomic mass is 10.1. The van der Waals surface area contributed by atoms with Gasteiger partial charge in [-0.05, 0) is 18.1 Å². The van der Waals surface area contributed by atoms with Gasteiger partial charge >= 0.3 is 6.18 Å². The lowest BCUT2D eigenvalue weighted by Crippen LogP contribution is -2.11. The minimum absolute atomic E-state index is 0.174. The minimum atomic E-state index is -4.53. The number of rotatable bonds is 3. The highest BCUT2D eigenvalue weighted by atomic mass is 19.4. The van der Waals surface area contributed by atoms with E-state index in [1.807, 2.05) is 12.1 Å². The van der Waals surface area contributed by atoms with Crippen LogP contribution in [0.2, 0.25) is 0 Å². The summed E-state index contributed by atoms with van der Waals surface area (Å²) in [5.41, 5.74) is 6.21. The Bertz CT molecular complexity index is 592. The average Bonchev–Trinajstić information content (AvgIpc) is 2.38. The van der Waals surface area contributed by atoms with Gasteiger partial charge in [0.2, 0.25) is 5.95 Å². The van der Waals surface area contributed by atoms with Crippen LogP contribution in [0.3, 0.4) is 0 Å². The molecule has 0 fully saturated rings. The van der Waals surface area contributed by atoms with Gasteiger partial charge in [-0.15, -0.1) is 0 Å². The molecule has 2 N–H and O–H groups in total. The van der Waals surface area contributed by atoms with Crippen molar-refractivity contribution in [3.8, 4) is 11.3 Å². The van der Waals surface area contributed by atoms with Crippen molar-refractivity contribution in [3.63, 3.8) is 0 Å². The van der Waals surface area contributed by atoms with Gasteiger partial charge < -0.3 is 5.73 Å². The van der Waals surface area contributed by atoms with Crippen LogP contribution in [-0.4, -0.2) is 9.97 Å². The number of benzene rings is 1. The molecule has 0 saturated carbocycles. The standard InChI is InChI=1S/C14H14F3N3/c1-2-3-9-4-6-10(7-5-9)11-8-12(14(15,16)17)20-13(18)19-11/h4-8H,2-3H2,1H3,(H2,18,19,20). The van der Waals surface area contributed by atoms with Crippen LogP contribution in [0, 0.1) is 0 Å².